The largest absolute Gasteiger partial charge is 0.261 e. The van der Waals surface area contributed by atoms with Crippen LogP contribution in [0.1, 0.15) is 81.2 Å². The maximum atomic E-state index is 15.3. The molecule has 0 aliphatic rings. The van der Waals surface area contributed by atoms with Crippen molar-refractivity contribution >= 4 is 0 Å². The first-order chi connectivity index (χ1) is 13.5. The van der Waals surface area contributed by atoms with E-state index in [1.807, 2.05) is 51.2 Å². The molecule has 0 aliphatic carbocycles. The summed E-state index contributed by atoms with van der Waals surface area (Å²) in [5.41, 5.74) is 4.19. The van der Waals surface area contributed by atoms with Gasteiger partial charge in [0.25, 0.3) is 0 Å². The summed E-state index contributed by atoms with van der Waals surface area (Å²) in [6, 6.07) is 9.59. The van der Waals surface area contributed by atoms with Gasteiger partial charge in [0, 0.05) is 35.1 Å². The highest BCUT2D eigenvalue weighted by atomic mass is 19.1. The summed E-state index contributed by atoms with van der Waals surface area (Å²) < 4.78 is 15.3. The van der Waals surface area contributed by atoms with Crippen LogP contribution in [0.15, 0.2) is 48.9 Å². The van der Waals surface area contributed by atoms with E-state index in [0.717, 1.165) is 28.1 Å². The van der Waals surface area contributed by atoms with Gasteiger partial charge in [-0.2, -0.15) is 0 Å². The lowest BCUT2D eigenvalue weighted by Gasteiger charge is -2.29. The molecule has 0 aromatic carbocycles. The molecule has 0 saturated heterocycles. The number of halogens is 1. The van der Waals surface area contributed by atoms with Crippen LogP contribution in [0.2, 0.25) is 0 Å². The summed E-state index contributed by atoms with van der Waals surface area (Å²) in [4.78, 5) is 13.7. The zero-order chi connectivity index (χ0) is 21.4. The molecule has 152 valence electrons. The average Bonchev–Trinajstić information content (AvgIpc) is 2.68. The topological polar surface area (TPSA) is 38.7 Å². The van der Waals surface area contributed by atoms with Crippen LogP contribution in [0.5, 0.6) is 0 Å². The zero-order valence-electron chi connectivity index (χ0n) is 18.4. The molecule has 4 heteroatoms. The number of nitrogens with zero attached hydrogens (tertiary/aromatic N) is 3. The molecular formula is C25H30FN3. The fraction of sp³-hybridized carbons (Fsp3) is 0.400. The fourth-order valence-corrected chi connectivity index (χ4v) is 3.77. The summed E-state index contributed by atoms with van der Waals surface area (Å²) in [6.45, 7) is 14.3. The Balaban J connectivity index is 1.99. The average molecular weight is 392 g/mol. The van der Waals surface area contributed by atoms with E-state index >= 15 is 4.39 Å². The molecule has 0 radical (unpaired) electrons. The van der Waals surface area contributed by atoms with Crippen molar-refractivity contribution in [3.05, 3.63) is 88.5 Å². The number of hydrogen-bond acceptors (Lipinski definition) is 3. The van der Waals surface area contributed by atoms with Crippen molar-refractivity contribution in [2.45, 2.75) is 65.2 Å². The second-order valence-electron chi connectivity index (χ2n) is 9.10. The summed E-state index contributed by atoms with van der Waals surface area (Å²) in [5.74, 6) is 0.0562. The third kappa shape index (κ3) is 3.93. The van der Waals surface area contributed by atoms with Crippen LogP contribution in [0.3, 0.4) is 0 Å². The van der Waals surface area contributed by atoms with Gasteiger partial charge < -0.3 is 0 Å². The zero-order valence-corrected chi connectivity index (χ0v) is 18.4. The van der Waals surface area contributed by atoms with Crippen LogP contribution in [0.4, 0.5) is 4.39 Å². The molecule has 3 aromatic rings. The van der Waals surface area contributed by atoms with Crippen molar-refractivity contribution in [1.82, 2.24) is 15.0 Å². The highest BCUT2D eigenvalue weighted by molar-refractivity contribution is 5.40. The molecule has 0 saturated carbocycles. The maximum Gasteiger partial charge on any atom is 0.145 e. The van der Waals surface area contributed by atoms with Gasteiger partial charge in [-0.3, -0.25) is 15.0 Å². The molecule has 0 N–H and O–H groups in total. The van der Waals surface area contributed by atoms with Gasteiger partial charge in [0.05, 0.1) is 11.4 Å². The second-order valence-corrected chi connectivity index (χ2v) is 9.10. The minimum absolute atomic E-state index is 0.304. The third-order valence-electron chi connectivity index (χ3n) is 5.86. The van der Waals surface area contributed by atoms with Gasteiger partial charge >= 0.3 is 0 Å². The Morgan fingerprint density at radius 1 is 0.828 bits per heavy atom. The first-order valence-electron chi connectivity index (χ1n) is 10.1. The molecule has 3 aromatic heterocycles. The van der Waals surface area contributed by atoms with Crippen molar-refractivity contribution in [2.75, 3.05) is 0 Å². The van der Waals surface area contributed by atoms with E-state index in [1.54, 1.807) is 18.5 Å². The quantitative estimate of drug-likeness (QED) is 0.528. The number of hydrogen-bond donors (Lipinski definition) is 0. The lowest BCUT2D eigenvalue weighted by Crippen LogP contribution is -2.26. The molecule has 0 spiro atoms. The molecule has 3 nitrogen and oxygen atoms in total. The van der Waals surface area contributed by atoms with Crippen LogP contribution in [0.25, 0.3) is 0 Å². The van der Waals surface area contributed by atoms with Gasteiger partial charge in [0.2, 0.25) is 0 Å². The van der Waals surface area contributed by atoms with E-state index < -0.39 is 10.8 Å². The van der Waals surface area contributed by atoms with E-state index in [4.69, 9.17) is 0 Å². The number of pyridine rings is 3. The SMILES string of the molecule is Cc1cccnc1C(C)(C)c1cnc(C(C)(C)c2ccc(C(C)C)nc2)c(F)c1. The van der Waals surface area contributed by atoms with E-state index in [1.165, 1.54) is 0 Å². The first kappa shape index (κ1) is 21.1. The lowest BCUT2D eigenvalue weighted by molar-refractivity contribution is 0.516. The minimum Gasteiger partial charge on any atom is -0.261 e. The van der Waals surface area contributed by atoms with Crippen LogP contribution in [-0.2, 0) is 10.8 Å². The van der Waals surface area contributed by atoms with Crippen LogP contribution in [0, 0.1) is 12.7 Å². The molecule has 0 amide bonds. The molecular weight excluding hydrogens is 361 g/mol. The maximum absolute atomic E-state index is 15.3. The molecule has 0 fully saturated rings. The monoisotopic (exact) mass is 391 g/mol. The van der Waals surface area contributed by atoms with Gasteiger partial charge in [-0.25, -0.2) is 4.39 Å². The van der Waals surface area contributed by atoms with Gasteiger partial charge in [-0.1, -0.05) is 39.8 Å². The van der Waals surface area contributed by atoms with Crippen molar-refractivity contribution in [3.8, 4) is 0 Å². The van der Waals surface area contributed by atoms with Crippen molar-refractivity contribution in [2.24, 2.45) is 0 Å². The normalized spacial score (nSPS) is 12.4. The Morgan fingerprint density at radius 2 is 1.48 bits per heavy atom. The Bertz CT molecular complexity index is 1000. The van der Waals surface area contributed by atoms with Crippen molar-refractivity contribution < 1.29 is 4.39 Å². The van der Waals surface area contributed by atoms with Crippen LogP contribution >= 0.6 is 0 Å². The third-order valence-corrected chi connectivity index (χ3v) is 5.86. The summed E-state index contributed by atoms with van der Waals surface area (Å²) in [5, 5.41) is 0. The molecule has 0 bridgehead atoms. The molecule has 3 rings (SSSR count). The van der Waals surface area contributed by atoms with Gasteiger partial charge in [0.15, 0.2) is 0 Å². The van der Waals surface area contributed by atoms with Gasteiger partial charge in [-0.05, 0) is 61.6 Å². The van der Waals surface area contributed by atoms with E-state index in [9.17, 15) is 0 Å². The number of rotatable bonds is 5. The van der Waals surface area contributed by atoms with Crippen molar-refractivity contribution in [1.29, 1.82) is 0 Å². The van der Waals surface area contributed by atoms with Crippen LogP contribution in [-0.4, -0.2) is 15.0 Å². The molecule has 29 heavy (non-hydrogen) atoms. The minimum atomic E-state index is -0.587. The highest BCUT2D eigenvalue weighted by Gasteiger charge is 2.32. The molecule has 0 aliphatic heterocycles. The first-order valence-corrected chi connectivity index (χ1v) is 10.1. The Morgan fingerprint density at radius 3 is 2.03 bits per heavy atom. The Hall–Kier alpha value is -2.62. The molecule has 0 unspecified atom stereocenters. The summed E-state index contributed by atoms with van der Waals surface area (Å²) in [6.07, 6.45) is 5.40. The van der Waals surface area contributed by atoms with Gasteiger partial charge in [-0.15, -0.1) is 0 Å². The van der Waals surface area contributed by atoms with E-state index in [2.05, 4.69) is 42.6 Å². The predicted molar refractivity (Wildman–Crippen MR) is 116 cm³/mol. The fourth-order valence-electron chi connectivity index (χ4n) is 3.77. The predicted octanol–water partition coefficient (Wildman–Crippen LogP) is 6.09. The summed E-state index contributed by atoms with van der Waals surface area (Å²) in [7, 11) is 0. The Labute approximate surface area is 173 Å². The number of aromatic nitrogens is 3. The molecule has 3 heterocycles. The van der Waals surface area contributed by atoms with Crippen molar-refractivity contribution in [3.63, 3.8) is 0 Å². The van der Waals surface area contributed by atoms with Gasteiger partial charge in [0.1, 0.15) is 5.82 Å². The second kappa shape index (κ2) is 7.66. The summed E-state index contributed by atoms with van der Waals surface area (Å²) >= 11 is 0. The van der Waals surface area contributed by atoms with E-state index in [0.29, 0.717) is 11.6 Å². The standard InChI is InChI=1S/C25H30FN3/c1-16(2)21-11-10-18(14-28-21)24(4,5)23-20(26)13-19(15-29-23)25(6,7)22-17(3)9-8-12-27-22/h8-16H,1-7H3. The number of aryl methyl sites for hydroxylation is 1. The highest BCUT2D eigenvalue weighted by Crippen LogP contribution is 2.36. The smallest absolute Gasteiger partial charge is 0.145 e. The lowest BCUT2D eigenvalue weighted by atomic mass is 9.78. The Kier molecular flexibility index (Phi) is 5.57. The molecule has 0 atom stereocenters. The van der Waals surface area contributed by atoms with Crippen LogP contribution < -0.4 is 0 Å². The van der Waals surface area contributed by atoms with E-state index in [-0.39, 0.29) is 5.82 Å².